The van der Waals surface area contributed by atoms with Gasteiger partial charge in [0.15, 0.2) is 0 Å². The van der Waals surface area contributed by atoms with Crippen molar-refractivity contribution in [2.24, 2.45) is 5.11 Å². The summed E-state index contributed by atoms with van der Waals surface area (Å²) >= 11 is 0. The first-order valence-corrected chi connectivity index (χ1v) is 8.94. The molecule has 18 heavy (non-hydrogen) atoms. The van der Waals surface area contributed by atoms with Crippen LogP contribution in [0.2, 0.25) is 18.1 Å². The first-order valence-electron chi connectivity index (χ1n) is 6.32. The second kappa shape index (κ2) is 9.98. The van der Waals surface area contributed by atoms with E-state index in [-0.39, 0.29) is 19.4 Å². The average Bonchev–Trinajstić information content (AvgIpc) is 2.42. The molecule has 0 bridgehead atoms. The summed E-state index contributed by atoms with van der Waals surface area (Å²) in [4.78, 5) is 2.74. The summed E-state index contributed by atoms with van der Waals surface area (Å²) in [7, 11) is 0.0815. The van der Waals surface area contributed by atoms with E-state index in [9.17, 15) is 0 Å². The lowest BCUT2D eigenvalue weighted by atomic mass is 10.4. The molecule has 0 rings (SSSR count). The zero-order valence-corrected chi connectivity index (χ0v) is 12.8. The molecular formula is C12H23N3O2Si. The van der Waals surface area contributed by atoms with Crippen LogP contribution < -0.4 is 0 Å². The number of ether oxygens (including phenoxy) is 2. The zero-order chi connectivity index (χ0) is 13.9. The molecule has 0 aromatic carbocycles. The Morgan fingerprint density at radius 1 is 1.28 bits per heavy atom. The van der Waals surface area contributed by atoms with Gasteiger partial charge in [-0.15, -0.1) is 5.54 Å². The number of hydrogen-bond donors (Lipinski definition) is 0. The van der Waals surface area contributed by atoms with Crippen molar-refractivity contribution >= 4 is 8.07 Å². The van der Waals surface area contributed by atoms with Crippen molar-refractivity contribution in [2.75, 3.05) is 20.4 Å². The van der Waals surface area contributed by atoms with E-state index in [2.05, 4.69) is 42.3 Å². The lowest BCUT2D eigenvalue weighted by Gasteiger charge is -2.20. The lowest BCUT2D eigenvalue weighted by molar-refractivity contribution is -0.0492. The molecule has 0 heterocycles. The van der Waals surface area contributed by atoms with Gasteiger partial charge in [-0.2, -0.15) is 0 Å². The summed E-state index contributed by atoms with van der Waals surface area (Å²) in [5.41, 5.74) is 11.8. The van der Waals surface area contributed by atoms with Gasteiger partial charge >= 0.3 is 0 Å². The van der Waals surface area contributed by atoms with Gasteiger partial charge < -0.3 is 9.47 Å². The Labute approximate surface area is 110 Å². The Hall–Kier alpha value is -0.993. The third-order valence-corrected chi connectivity index (χ3v) is 7.96. The molecule has 0 aliphatic rings. The van der Waals surface area contributed by atoms with E-state index in [1.165, 1.54) is 0 Å². The number of hydrogen-bond acceptors (Lipinski definition) is 3. The van der Waals surface area contributed by atoms with Crippen molar-refractivity contribution in [1.82, 2.24) is 0 Å². The van der Waals surface area contributed by atoms with Crippen LogP contribution in [0.3, 0.4) is 0 Å². The third-order valence-electron chi connectivity index (χ3n) is 3.23. The molecule has 0 unspecified atom stereocenters. The van der Waals surface area contributed by atoms with Crippen molar-refractivity contribution in [3.63, 3.8) is 0 Å². The summed E-state index contributed by atoms with van der Waals surface area (Å²) in [6.07, 6.45) is -0.364. The van der Waals surface area contributed by atoms with Gasteiger partial charge in [0.2, 0.25) is 0 Å². The minimum absolute atomic E-state index is 0.166. The Bertz CT molecular complexity index is 320. The second-order valence-corrected chi connectivity index (χ2v) is 9.02. The molecule has 0 aromatic heterocycles. The standard InChI is InChI=1S/C12H23N3O2Si/c1-5-18(6-2,7-3)9-8-12(10-14-15-13)17-11-16-4/h12H,5-7,10-11H2,1-4H3/t12-/m1/s1. The number of methoxy groups -OCH3 is 1. The molecule has 0 spiro atoms. The second-order valence-electron chi connectivity index (χ2n) is 4.09. The molecule has 0 saturated heterocycles. The fourth-order valence-electron chi connectivity index (χ4n) is 1.65. The highest BCUT2D eigenvalue weighted by atomic mass is 28.3. The maximum atomic E-state index is 8.34. The summed E-state index contributed by atoms with van der Waals surface area (Å²) < 4.78 is 10.2. The van der Waals surface area contributed by atoms with Gasteiger partial charge in [0.25, 0.3) is 0 Å². The van der Waals surface area contributed by atoms with E-state index in [0.717, 1.165) is 18.1 Å². The first-order chi connectivity index (χ1) is 8.67. The zero-order valence-electron chi connectivity index (χ0n) is 11.8. The van der Waals surface area contributed by atoms with Gasteiger partial charge in [-0.3, -0.25) is 0 Å². The molecule has 0 aliphatic heterocycles. The minimum Gasteiger partial charge on any atom is -0.359 e. The minimum atomic E-state index is -1.48. The maximum absolute atomic E-state index is 8.34. The van der Waals surface area contributed by atoms with Gasteiger partial charge in [0, 0.05) is 12.0 Å². The normalized spacial score (nSPS) is 12.2. The fourth-order valence-corrected chi connectivity index (χ4v) is 4.15. The van der Waals surface area contributed by atoms with E-state index in [4.69, 9.17) is 15.0 Å². The fraction of sp³-hybridized carbons (Fsp3) is 0.833. The molecule has 0 aliphatic carbocycles. The van der Waals surface area contributed by atoms with Crippen LogP contribution in [0.1, 0.15) is 20.8 Å². The molecular weight excluding hydrogens is 246 g/mol. The van der Waals surface area contributed by atoms with Crippen LogP contribution in [0.25, 0.3) is 10.4 Å². The number of rotatable bonds is 8. The molecule has 0 N–H and O–H groups in total. The molecule has 1 atom stereocenters. The van der Waals surface area contributed by atoms with E-state index in [1.54, 1.807) is 7.11 Å². The van der Waals surface area contributed by atoms with Crippen LogP contribution in [0, 0.1) is 11.5 Å². The van der Waals surface area contributed by atoms with E-state index in [0.29, 0.717) is 0 Å². The topological polar surface area (TPSA) is 67.2 Å². The van der Waals surface area contributed by atoms with Crippen molar-refractivity contribution in [3.8, 4) is 11.5 Å². The van der Waals surface area contributed by atoms with Crippen molar-refractivity contribution in [1.29, 1.82) is 0 Å². The quantitative estimate of drug-likeness (QED) is 0.169. The van der Waals surface area contributed by atoms with Gasteiger partial charge in [-0.25, -0.2) is 0 Å². The van der Waals surface area contributed by atoms with Crippen LogP contribution in [-0.2, 0) is 9.47 Å². The Kier molecular flexibility index (Phi) is 9.43. The van der Waals surface area contributed by atoms with Crippen molar-refractivity contribution in [2.45, 2.75) is 45.0 Å². The third kappa shape index (κ3) is 6.08. The van der Waals surface area contributed by atoms with Crippen LogP contribution in [0.15, 0.2) is 5.11 Å². The van der Waals surface area contributed by atoms with E-state index in [1.807, 2.05) is 0 Å². The molecule has 0 aromatic rings. The lowest BCUT2D eigenvalue weighted by Crippen LogP contribution is -2.30. The Morgan fingerprint density at radius 3 is 2.33 bits per heavy atom. The van der Waals surface area contributed by atoms with Crippen LogP contribution >= 0.6 is 0 Å². The summed E-state index contributed by atoms with van der Waals surface area (Å²) in [5.74, 6) is 3.13. The van der Waals surface area contributed by atoms with Gasteiger partial charge in [-0.05, 0) is 23.7 Å². The highest BCUT2D eigenvalue weighted by Crippen LogP contribution is 2.18. The first kappa shape index (κ1) is 17.0. The molecule has 0 saturated carbocycles. The summed E-state index contributed by atoms with van der Waals surface area (Å²) in [6, 6.07) is 3.43. The van der Waals surface area contributed by atoms with Crippen LogP contribution in [0.5, 0.6) is 0 Å². The molecule has 0 amide bonds. The highest BCUT2D eigenvalue weighted by molar-refractivity contribution is 6.87. The van der Waals surface area contributed by atoms with E-state index >= 15 is 0 Å². The highest BCUT2D eigenvalue weighted by Gasteiger charge is 2.24. The summed E-state index contributed by atoms with van der Waals surface area (Å²) in [5, 5.41) is 3.52. The predicted molar refractivity (Wildman–Crippen MR) is 75.7 cm³/mol. The van der Waals surface area contributed by atoms with Crippen molar-refractivity contribution in [3.05, 3.63) is 10.4 Å². The van der Waals surface area contributed by atoms with Crippen molar-refractivity contribution < 1.29 is 9.47 Å². The smallest absolute Gasteiger partial charge is 0.148 e. The molecule has 6 heteroatoms. The Morgan fingerprint density at radius 2 is 1.89 bits per heavy atom. The van der Waals surface area contributed by atoms with Crippen LogP contribution in [-0.4, -0.2) is 34.6 Å². The van der Waals surface area contributed by atoms with Gasteiger partial charge in [-0.1, -0.05) is 31.8 Å². The largest absolute Gasteiger partial charge is 0.359 e. The molecule has 5 nitrogen and oxygen atoms in total. The molecule has 0 radical (unpaired) electrons. The average molecular weight is 269 g/mol. The predicted octanol–water partition coefficient (Wildman–Crippen LogP) is 3.34. The van der Waals surface area contributed by atoms with Gasteiger partial charge in [0.05, 0.1) is 6.54 Å². The van der Waals surface area contributed by atoms with Crippen LogP contribution in [0.4, 0.5) is 0 Å². The monoisotopic (exact) mass is 269 g/mol. The number of azide groups is 1. The Balaban J connectivity index is 4.76. The number of nitrogens with zero attached hydrogens (tertiary/aromatic N) is 3. The maximum Gasteiger partial charge on any atom is 0.148 e. The molecule has 0 fully saturated rings. The summed E-state index contributed by atoms with van der Waals surface area (Å²) in [6.45, 7) is 7.00. The SMILES string of the molecule is CC[Si](C#C[C@H](CN=[N+]=[N-])OCOC)(CC)CC. The van der Waals surface area contributed by atoms with Gasteiger partial charge in [0.1, 0.15) is 21.0 Å². The van der Waals surface area contributed by atoms with E-state index < -0.39 is 8.07 Å². The molecule has 102 valence electrons.